The highest BCUT2D eigenvalue weighted by Gasteiger charge is 2.14. The maximum atomic E-state index is 11.6. The van der Waals surface area contributed by atoms with Crippen LogP contribution in [0.25, 0.3) is 0 Å². The first-order valence-corrected chi connectivity index (χ1v) is 5.99. The van der Waals surface area contributed by atoms with Crippen LogP contribution in [0, 0.1) is 5.92 Å². The van der Waals surface area contributed by atoms with Gasteiger partial charge in [-0.25, -0.2) is 0 Å². The summed E-state index contributed by atoms with van der Waals surface area (Å²) in [6.45, 7) is 4.31. The normalized spacial score (nSPS) is 12.8. The molecule has 2 N–H and O–H groups in total. The van der Waals surface area contributed by atoms with Crippen molar-refractivity contribution >= 4 is 21.8 Å². The standard InChI is InChI=1S/C11H16BrNO3/c1-7(2)5-8(14)6-13-11(15)9-3-4-16-10(9)12/h3-4,7-8,14H,5-6H2,1-2H3,(H,13,15). The van der Waals surface area contributed by atoms with Gasteiger partial charge in [-0.15, -0.1) is 0 Å². The molecule has 0 aliphatic carbocycles. The van der Waals surface area contributed by atoms with E-state index in [4.69, 9.17) is 4.42 Å². The van der Waals surface area contributed by atoms with Crippen LogP contribution in [-0.4, -0.2) is 23.7 Å². The predicted molar refractivity (Wildman–Crippen MR) is 64.2 cm³/mol. The summed E-state index contributed by atoms with van der Waals surface area (Å²) in [5.74, 6) is 0.163. The molecule has 0 spiro atoms. The van der Waals surface area contributed by atoms with Crippen molar-refractivity contribution in [2.24, 2.45) is 5.92 Å². The molecule has 1 amide bonds. The van der Waals surface area contributed by atoms with Crippen LogP contribution in [0.4, 0.5) is 0 Å². The molecule has 0 bridgehead atoms. The van der Waals surface area contributed by atoms with Crippen LogP contribution in [0.5, 0.6) is 0 Å². The number of aliphatic hydroxyl groups excluding tert-OH is 1. The largest absolute Gasteiger partial charge is 0.457 e. The van der Waals surface area contributed by atoms with Gasteiger partial charge in [0.05, 0.1) is 17.9 Å². The summed E-state index contributed by atoms with van der Waals surface area (Å²) in [7, 11) is 0. The number of hydrogen-bond donors (Lipinski definition) is 2. The molecule has 1 heterocycles. The third-order valence-corrected chi connectivity index (χ3v) is 2.72. The number of rotatable bonds is 5. The van der Waals surface area contributed by atoms with E-state index < -0.39 is 6.10 Å². The minimum Gasteiger partial charge on any atom is -0.457 e. The summed E-state index contributed by atoms with van der Waals surface area (Å²) < 4.78 is 5.36. The predicted octanol–water partition coefficient (Wildman–Crippen LogP) is 2.18. The fraction of sp³-hybridized carbons (Fsp3) is 0.545. The van der Waals surface area contributed by atoms with Gasteiger partial charge in [0.2, 0.25) is 0 Å². The molecule has 0 radical (unpaired) electrons. The molecule has 90 valence electrons. The molecule has 1 atom stereocenters. The summed E-state index contributed by atoms with van der Waals surface area (Å²) in [5.41, 5.74) is 0.441. The van der Waals surface area contributed by atoms with Crippen LogP contribution in [0.1, 0.15) is 30.6 Å². The first kappa shape index (κ1) is 13.3. The summed E-state index contributed by atoms with van der Waals surface area (Å²) in [6.07, 6.45) is 1.60. The van der Waals surface area contributed by atoms with Crippen molar-refractivity contribution in [1.29, 1.82) is 0 Å². The topological polar surface area (TPSA) is 62.5 Å². The molecule has 5 heteroatoms. The highest BCUT2D eigenvalue weighted by Crippen LogP contribution is 2.17. The van der Waals surface area contributed by atoms with Gasteiger partial charge in [-0.3, -0.25) is 4.79 Å². The lowest BCUT2D eigenvalue weighted by molar-refractivity contribution is 0.0898. The number of nitrogens with one attached hydrogen (secondary N) is 1. The number of carbonyl (C=O) groups is 1. The molecule has 1 aromatic heterocycles. The quantitative estimate of drug-likeness (QED) is 0.873. The summed E-state index contributed by atoms with van der Waals surface area (Å²) >= 11 is 3.12. The van der Waals surface area contributed by atoms with Gasteiger partial charge < -0.3 is 14.8 Å². The monoisotopic (exact) mass is 289 g/mol. The van der Waals surface area contributed by atoms with E-state index in [0.29, 0.717) is 22.6 Å². The van der Waals surface area contributed by atoms with Crippen molar-refractivity contribution in [2.45, 2.75) is 26.4 Å². The minimum absolute atomic E-state index is 0.247. The third kappa shape index (κ3) is 3.98. The van der Waals surface area contributed by atoms with Crippen LogP contribution >= 0.6 is 15.9 Å². The zero-order valence-corrected chi connectivity index (χ0v) is 11.0. The Kier molecular flexibility index (Phi) is 5.02. The van der Waals surface area contributed by atoms with Crippen molar-refractivity contribution in [3.8, 4) is 0 Å². The molecular formula is C11H16BrNO3. The first-order valence-electron chi connectivity index (χ1n) is 5.20. The minimum atomic E-state index is -0.505. The Bertz CT molecular complexity index is 349. The molecule has 0 aliphatic rings. The van der Waals surface area contributed by atoms with Crippen molar-refractivity contribution in [2.75, 3.05) is 6.54 Å². The lowest BCUT2D eigenvalue weighted by Crippen LogP contribution is -2.32. The zero-order valence-electron chi connectivity index (χ0n) is 9.37. The second-order valence-corrected chi connectivity index (χ2v) is 4.82. The van der Waals surface area contributed by atoms with Crippen LogP contribution in [0.2, 0.25) is 0 Å². The molecule has 0 fully saturated rings. The van der Waals surface area contributed by atoms with Gasteiger partial charge in [-0.05, 0) is 34.3 Å². The molecule has 1 aromatic rings. The van der Waals surface area contributed by atoms with E-state index in [1.807, 2.05) is 13.8 Å². The zero-order chi connectivity index (χ0) is 12.1. The van der Waals surface area contributed by atoms with E-state index >= 15 is 0 Å². The number of furan rings is 1. The average Bonchev–Trinajstić information content (AvgIpc) is 2.60. The van der Waals surface area contributed by atoms with Gasteiger partial charge in [-0.2, -0.15) is 0 Å². The molecule has 1 rings (SSSR count). The molecule has 0 aromatic carbocycles. The molecule has 0 saturated carbocycles. The second-order valence-electron chi connectivity index (χ2n) is 4.10. The first-order chi connectivity index (χ1) is 7.50. The Morgan fingerprint density at radius 3 is 2.81 bits per heavy atom. The molecule has 0 aliphatic heterocycles. The highest BCUT2D eigenvalue weighted by atomic mass is 79.9. The van der Waals surface area contributed by atoms with Crippen LogP contribution in [0.15, 0.2) is 21.4 Å². The van der Waals surface area contributed by atoms with Gasteiger partial charge in [0.25, 0.3) is 5.91 Å². The van der Waals surface area contributed by atoms with Gasteiger partial charge in [0.1, 0.15) is 0 Å². The van der Waals surface area contributed by atoms with Gasteiger partial charge in [0, 0.05) is 6.54 Å². The Morgan fingerprint density at radius 1 is 1.62 bits per heavy atom. The molecule has 1 unspecified atom stereocenters. The second kappa shape index (κ2) is 6.06. The third-order valence-electron chi connectivity index (χ3n) is 2.10. The van der Waals surface area contributed by atoms with Crippen LogP contribution in [0.3, 0.4) is 0 Å². The van der Waals surface area contributed by atoms with Gasteiger partial charge >= 0.3 is 0 Å². The van der Waals surface area contributed by atoms with E-state index in [1.165, 1.54) is 6.26 Å². The Balaban J connectivity index is 2.39. The van der Waals surface area contributed by atoms with E-state index in [9.17, 15) is 9.90 Å². The van der Waals surface area contributed by atoms with E-state index in [1.54, 1.807) is 6.07 Å². The number of aliphatic hydroxyl groups is 1. The Labute approximate surface area is 103 Å². The fourth-order valence-corrected chi connectivity index (χ4v) is 1.81. The molecule has 16 heavy (non-hydrogen) atoms. The van der Waals surface area contributed by atoms with E-state index in [0.717, 1.165) is 0 Å². The maximum absolute atomic E-state index is 11.6. The highest BCUT2D eigenvalue weighted by molar-refractivity contribution is 9.10. The van der Waals surface area contributed by atoms with E-state index in [-0.39, 0.29) is 12.5 Å². The molecule has 0 saturated heterocycles. The number of hydrogen-bond acceptors (Lipinski definition) is 3. The maximum Gasteiger partial charge on any atom is 0.255 e. The molecule has 4 nitrogen and oxygen atoms in total. The molecular weight excluding hydrogens is 274 g/mol. The number of halogens is 1. The van der Waals surface area contributed by atoms with E-state index in [2.05, 4.69) is 21.2 Å². The smallest absolute Gasteiger partial charge is 0.255 e. The van der Waals surface area contributed by atoms with Crippen LogP contribution < -0.4 is 5.32 Å². The fourth-order valence-electron chi connectivity index (χ4n) is 1.39. The number of amides is 1. The lowest BCUT2D eigenvalue weighted by Gasteiger charge is -2.13. The average molecular weight is 290 g/mol. The SMILES string of the molecule is CC(C)CC(O)CNC(=O)c1ccoc1Br. The summed E-state index contributed by atoms with van der Waals surface area (Å²) in [6, 6.07) is 1.58. The van der Waals surface area contributed by atoms with Crippen molar-refractivity contribution in [3.63, 3.8) is 0 Å². The summed E-state index contributed by atoms with van der Waals surface area (Å²) in [4.78, 5) is 11.6. The lowest BCUT2D eigenvalue weighted by atomic mass is 10.1. The van der Waals surface area contributed by atoms with Gasteiger partial charge in [-0.1, -0.05) is 13.8 Å². The van der Waals surface area contributed by atoms with Crippen LogP contribution in [-0.2, 0) is 0 Å². The van der Waals surface area contributed by atoms with Gasteiger partial charge in [0.15, 0.2) is 4.67 Å². The van der Waals surface area contributed by atoms with Crippen molar-refractivity contribution in [3.05, 3.63) is 22.6 Å². The van der Waals surface area contributed by atoms with Crippen molar-refractivity contribution in [1.82, 2.24) is 5.32 Å². The van der Waals surface area contributed by atoms with Crippen molar-refractivity contribution < 1.29 is 14.3 Å². The number of carbonyl (C=O) groups excluding carboxylic acids is 1. The summed E-state index contributed by atoms with van der Waals surface area (Å²) in [5, 5.41) is 12.2. The Hall–Kier alpha value is -0.810. The Morgan fingerprint density at radius 2 is 2.31 bits per heavy atom.